The number of benzene rings is 1. The first-order chi connectivity index (χ1) is 8.06. The number of aromatic amines is 1. The Labute approximate surface area is 101 Å². The summed E-state index contributed by atoms with van der Waals surface area (Å²) in [7, 11) is 0. The maximum Gasteiger partial charge on any atom is 0.336 e. The first-order valence-corrected chi connectivity index (χ1v) is 5.54. The van der Waals surface area contributed by atoms with Crippen LogP contribution in [-0.4, -0.2) is 4.98 Å². The summed E-state index contributed by atoms with van der Waals surface area (Å²) < 4.78 is 10.6. The van der Waals surface area contributed by atoms with Crippen molar-refractivity contribution < 1.29 is 8.83 Å². The lowest BCUT2D eigenvalue weighted by atomic mass is 10.1. The molecule has 3 aromatic rings. The van der Waals surface area contributed by atoms with E-state index in [0.717, 1.165) is 22.0 Å². The third-order valence-corrected chi connectivity index (χ3v) is 3.04. The molecule has 2 aromatic heterocycles. The van der Waals surface area contributed by atoms with E-state index in [1.807, 2.05) is 19.9 Å². The summed E-state index contributed by atoms with van der Waals surface area (Å²) in [5.41, 5.74) is 3.31. The number of oxazole rings is 1. The van der Waals surface area contributed by atoms with Gasteiger partial charge in [0.15, 0.2) is 5.58 Å². The van der Waals surface area contributed by atoms with E-state index >= 15 is 0 Å². The molecule has 3 rings (SSSR count). The summed E-state index contributed by atoms with van der Waals surface area (Å²) in [6.45, 7) is 3.72. The van der Waals surface area contributed by atoms with Crippen LogP contribution in [-0.2, 0) is 0 Å². The number of H-pyrrole nitrogens is 1. The smallest absolute Gasteiger partial charge is 0.336 e. The zero-order valence-electron chi connectivity index (χ0n) is 9.29. The van der Waals surface area contributed by atoms with Crippen LogP contribution in [0.25, 0.3) is 22.1 Å². The van der Waals surface area contributed by atoms with Gasteiger partial charge in [0.1, 0.15) is 5.58 Å². The highest BCUT2D eigenvalue weighted by molar-refractivity contribution is 7.71. The third-order valence-electron chi connectivity index (χ3n) is 2.85. The average Bonchev–Trinajstić information content (AvgIpc) is 2.62. The molecule has 0 saturated heterocycles. The van der Waals surface area contributed by atoms with Crippen LogP contribution in [0.5, 0.6) is 0 Å². The van der Waals surface area contributed by atoms with Crippen molar-refractivity contribution in [3.63, 3.8) is 0 Å². The van der Waals surface area contributed by atoms with Gasteiger partial charge in [-0.2, -0.15) is 0 Å². The summed E-state index contributed by atoms with van der Waals surface area (Å²) in [5, 5.41) is 0.890. The molecule has 0 spiro atoms. The molecule has 86 valence electrons. The van der Waals surface area contributed by atoms with Gasteiger partial charge in [-0.1, -0.05) is 0 Å². The summed E-state index contributed by atoms with van der Waals surface area (Å²) in [5.74, 6) is 0. The number of fused-ring (bicyclic) bond motifs is 2. The Hall–Kier alpha value is -1.88. The average molecular weight is 247 g/mol. The van der Waals surface area contributed by atoms with Crippen molar-refractivity contribution in [3.05, 3.63) is 38.5 Å². The van der Waals surface area contributed by atoms with Crippen molar-refractivity contribution in [1.29, 1.82) is 0 Å². The Morgan fingerprint density at radius 3 is 2.71 bits per heavy atom. The van der Waals surface area contributed by atoms with E-state index in [-0.39, 0.29) is 5.63 Å². The molecular formula is C12H9NO3S. The van der Waals surface area contributed by atoms with Crippen LogP contribution in [0.4, 0.5) is 0 Å². The lowest BCUT2D eigenvalue weighted by Gasteiger charge is -2.03. The van der Waals surface area contributed by atoms with Gasteiger partial charge in [-0.25, -0.2) is 4.79 Å². The second kappa shape index (κ2) is 3.30. The van der Waals surface area contributed by atoms with Crippen molar-refractivity contribution in [3.8, 4) is 0 Å². The fourth-order valence-electron chi connectivity index (χ4n) is 2.04. The molecule has 4 nitrogen and oxygen atoms in total. The van der Waals surface area contributed by atoms with Gasteiger partial charge in [0.25, 0.3) is 4.84 Å². The SMILES string of the molecule is Cc1cc(=O)oc2c(C)c3oc(=S)[nH]c3cc12. The summed E-state index contributed by atoms with van der Waals surface area (Å²) >= 11 is 4.96. The molecule has 0 bridgehead atoms. The number of aryl methyl sites for hydroxylation is 2. The molecule has 5 heteroatoms. The third kappa shape index (κ3) is 1.43. The second-order valence-electron chi connectivity index (χ2n) is 4.02. The van der Waals surface area contributed by atoms with Crippen molar-refractivity contribution in [2.24, 2.45) is 0 Å². The highest BCUT2D eigenvalue weighted by atomic mass is 32.1. The van der Waals surface area contributed by atoms with E-state index in [0.29, 0.717) is 16.0 Å². The molecule has 0 saturated carbocycles. The fourth-order valence-corrected chi connectivity index (χ4v) is 2.24. The zero-order chi connectivity index (χ0) is 12.2. The summed E-state index contributed by atoms with van der Waals surface area (Å²) in [4.78, 5) is 14.7. The lowest BCUT2D eigenvalue weighted by Crippen LogP contribution is -1.99. The van der Waals surface area contributed by atoms with Crippen molar-refractivity contribution in [1.82, 2.24) is 4.98 Å². The van der Waals surface area contributed by atoms with Gasteiger partial charge in [0.05, 0.1) is 5.52 Å². The highest BCUT2D eigenvalue weighted by Crippen LogP contribution is 2.28. The Bertz CT molecular complexity index is 854. The minimum absolute atomic E-state index is 0.318. The Morgan fingerprint density at radius 2 is 1.94 bits per heavy atom. The van der Waals surface area contributed by atoms with Gasteiger partial charge in [-0.05, 0) is 37.7 Å². The monoisotopic (exact) mass is 247 g/mol. The molecule has 0 aliphatic carbocycles. The maximum atomic E-state index is 11.4. The number of hydrogen-bond acceptors (Lipinski definition) is 4. The van der Waals surface area contributed by atoms with Gasteiger partial charge in [-0.3, -0.25) is 0 Å². The van der Waals surface area contributed by atoms with Crippen LogP contribution in [0.3, 0.4) is 0 Å². The molecule has 0 aliphatic heterocycles. The quantitative estimate of drug-likeness (QED) is 0.489. The van der Waals surface area contributed by atoms with Crippen LogP contribution in [0.15, 0.2) is 25.8 Å². The standard InChI is InChI=1S/C12H9NO3S/c1-5-3-9(14)15-10-6(2)11-8(4-7(5)10)13-12(17)16-11/h3-4H,1-2H3,(H,13,17). The van der Waals surface area contributed by atoms with E-state index in [2.05, 4.69) is 4.98 Å². The van der Waals surface area contributed by atoms with Crippen LogP contribution in [0, 0.1) is 18.7 Å². The summed E-state index contributed by atoms with van der Waals surface area (Å²) in [6, 6.07) is 3.36. The molecule has 0 aliphatic rings. The predicted octanol–water partition coefficient (Wildman–Crippen LogP) is 3.21. The van der Waals surface area contributed by atoms with Crippen LogP contribution >= 0.6 is 12.2 Å². The molecular weight excluding hydrogens is 238 g/mol. The molecule has 0 unspecified atom stereocenters. The van der Waals surface area contributed by atoms with E-state index in [9.17, 15) is 4.79 Å². The van der Waals surface area contributed by atoms with Crippen molar-refractivity contribution in [2.45, 2.75) is 13.8 Å². The topological polar surface area (TPSA) is 59.1 Å². The number of nitrogens with one attached hydrogen (secondary N) is 1. The Morgan fingerprint density at radius 1 is 1.18 bits per heavy atom. The van der Waals surface area contributed by atoms with Gasteiger partial charge in [0.2, 0.25) is 0 Å². The first kappa shape index (κ1) is 10.3. The van der Waals surface area contributed by atoms with Crippen LogP contribution in [0.1, 0.15) is 11.1 Å². The molecule has 1 N–H and O–H groups in total. The van der Waals surface area contributed by atoms with E-state index in [1.165, 1.54) is 6.07 Å². The molecule has 0 fully saturated rings. The van der Waals surface area contributed by atoms with Gasteiger partial charge in [0, 0.05) is 17.0 Å². The lowest BCUT2D eigenvalue weighted by molar-refractivity contribution is 0.552. The second-order valence-corrected chi connectivity index (χ2v) is 4.39. The van der Waals surface area contributed by atoms with E-state index in [4.69, 9.17) is 21.1 Å². The highest BCUT2D eigenvalue weighted by Gasteiger charge is 2.12. The number of hydrogen-bond donors (Lipinski definition) is 1. The van der Waals surface area contributed by atoms with Crippen molar-refractivity contribution >= 4 is 34.3 Å². The largest absolute Gasteiger partial charge is 0.429 e. The van der Waals surface area contributed by atoms with E-state index < -0.39 is 0 Å². The minimum Gasteiger partial charge on any atom is -0.429 e. The van der Waals surface area contributed by atoms with Gasteiger partial charge in [-0.15, -0.1) is 0 Å². The first-order valence-electron chi connectivity index (χ1n) is 5.13. The predicted molar refractivity (Wildman–Crippen MR) is 66.9 cm³/mol. The van der Waals surface area contributed by atoms with E-state index in [1.54, 1.807) is 0 Å². The number of rotatable bonds is 0. The molecule has 1 aromatic carbocycles. The molecule has 0 atom stereocenters. The molecule has 0 radical (unpaired) electrons. The maximum absolute atomic E-state index is 11.4. The van der Waals surface area contributed by atoms with Crippen LogP contribution < -0.4 is 5.63 Å². The Kier molecular flexibility index (Phi) is 2.00. The molecule has 0 amide bonds. The van der Waals surface area contributed by atoms with Crippen LogP contribution in [0.2, 0.25) is 0 Å². The fraction of sp³-hybridized carbons (Fsp3) is 0.167. The molecule has 2 heterocycles. The normalized spacial score (nSPS) is 11.4. The minimum atomic E-state index is -0.355. The number of aromatic nitrogens is 1. The van der Waals surface area contributed by atoms with Gasteiger partial charge >= 0.3 is 5.63 Å². The molecule has 17 heavy (non-hydrogen) atoms. The summed E-state index contributed by atoms with van der Waals surface area (Å²) in [6.07, 6.45) is 0. The van der Waals surface area contributed by atoms with Gasteiger partial charge < -0.3 is 13.8 Å². The Balaban J connectivity index is 2.67. The zero-order valence-corrected chi connectivity index (χ0v) is 10.1. The van der Waals surface area contributed by atoms with Crippen molar-refractivity contribution in [2.75, 3.05) is 0 Å².